The maximum absolute atomic E-state index is 12.1. The van der Waals surface area contributed by atoms with Crippen LogP contribution in [0.1, 0.15) is 16.9 Å². The zero-order valence-electron chi connectivity index (χ0n) is 11.0. The van der Waals surface area contributed by atoms with E-state index in [2.05, 4.69) is 0 Å². The van der Waals surface area contributed by atoms with Gasteiger partial charge in [0.15, 0.2) is 5.78 Å². The van der Waals surface area contributed by atoms with Gasteiger partial charge in [-0.1, -0.05) is 18.2 Å². The van der Waals surface area contributed by atoms with E-state index in [1.807, 2.05) is 60.9 Å². The SMILES string of the molecule is CN(C)CCC(=O)c1cc2ccccc2n1C.Cl. The smallest absolute Gasteiger partial charge is 0.180 e. The highest BCUT2D eigenvalue weighted by Crippen LogP contribution is 2.19. The number of fused-ring (bicyclic) bond motifs is 1. The van der Waals surface area contributed by atoms with Gasteiger partial charge in [-0.25, -0.2) is 0 Å². The molecule has 4 heteroatoms. The minimum Gasteiger partial charge on any atom is -0.341 e. The molecule has 3 nitrogen and oxygen atoms in total. The van der Waals surface area contributed by atoms with Crippen molar-refractivity contribution < 1.29 is 4.79 Å². The molecule has 1 aromatic carbocycles. The Balaban J connectivity index is 0.00000162. The van der Waals surface area contributed by atoms with Crippen molar-refractivity contribution in [2.45, 2.75) is 6.42 Å². The second kappa shape index (κ2) is 6.03. The second-order valence-electron chi connectivity index (χ2n) is 4.62. The molecule has 0 bridgehead atoms. The maximum atomic E-state index is 12.1. The third kappa shape index (κ3) is 2.92. The Bertz CT molecular complexity index is 546. The van der Waals surface area contributed by atoms with Gasteiger partial charge in [0.25, 0.3) is 0 Å². The number of rotatable bonds is 4. The monoisotopic (exact) mass is 266 g/mol. The highest BCUT2D eigenvalue weighted by Gasteiger charge is 2.12. The summed E-state index contributed by atoms with van der Waals surface area (Å²) in [6, 6.07) is 10.1. The Hall–Kier alpha value is -1.32. The highest BCUT2D eigenvalue weighted by molar-refractivity contribution is 6.00. The Morgan fingerprint density at radius 3 is 2.56 bits per heavy atom. The number of halogens is 1. The highest BCUT2D eigenvalue weighted by atomic mass is 35.5. The molecule has 0 aliphatic heterocycles. The van der Waals surface area contributed by atoms with Crippen LogP contribution >= 0.6 is 12.4 Å². The number of nitrogens with zero attached hydrogens (tertiary/aromatic N) is 2. The van der Waals surface area contributed by atoms with Gasteiger partial charge < -0.3 is 9.47 Å². The van der Waals surface area contributed by atoms with Crippen LogP contribution in [-0.4, -0.2) is 35.9 Å². The standard InChI is InChI=1S/C14H18N2O.ClH/c1-15(2)9-8-14(17)13-10-11-6-4-5-7-12(11)16(13)3;/h4-7,10H,8-9H2,1-3H3;1H. The van der Waals surface area contributed by atoms with Crippen LogP contribution in [0.2, 0.25) is 0 Å². The molecule has 0 atom stereocenters. The predicted molar refractivity (Wildman–Crippen MR) is 77.7 cm³/mol. The predicted octanol–water partition coefficient (Wildman–Crippen LogP) is 2.73. The van der Waals surface area contributed by atoms with Crippen molar-refractivity contribution in [2.24, 2.45) is 7.05 Å². The molecule has 0 aliphatic rings. The zero-order valence-corrected chi connectivity index (χ0v) is 11.8. The lowest BCUT2D eigenvalue weighted by Gasteiger charge is -2.08. The number of carbonyl (C=O) groups excluding carboxylic acids is 1. The van der Waals surface area contributed by atoms with E-state index < -0.39 is 0 Å². The molecule has 98 valence electrons. The summed E-state index contributed by atoms with van der Waals surface area (Å²) >= 11 is 0. The van der Waals surface area contributed by atoms with Gasteiger partial charge in [0, 0.05) is 30.9 Å². The lowest BCUT2D eigenvalue weighted by atomic mass is 10.2. The van der Waals surface area contributed by atoms with Crippen LogP contribution in [0.25, 0.3) is 10.9 Å². The summed E-state index contributed by atoms with van der Waals surface area (Å²) in [6.07, 6.45) is 0.567. The van der Waals surface area contributed by atoms with Gasteiger partial charge in [0.05, 0.1) is 5.69 Å². The largest absolute Gasteiger partial charge is 0.341 e. The lowest BCUT2D eigenvalue weighted by Crippen LogP contribution is -2.17. The van der Waals surface area contributed by atoms with Gasteiger partial charge in [-0.3, -0.25) is 4.79 Å². The second-order valence-corrected chi connectivity index (χ2v) is 4.62. The molecule has 0 N–H and O–H groups in total. The third-order valence-corrected chi connectivity index (χ3v) is 3.02. The first-order valence-corrected chi connectivity index (χ1v) is 5.82. The van der Waals surface area contributed by atoms with E-state index in [1.54, 1.807) is 0 Å². The van der Waals surface area contributed by atoms with Crippen molar-refractivity contribution in [1.29, 1.82) is 0 Å². The number of aromatic nitrogens is 1. The van der Waals surface area contributed by atoms with Gasteiger partial charge in [-0.2, -0.15) is 0 Å². The molecule has 0 amide bonds. The molecule has 18 heavy (non-hydrogen) atoms. The van der Waals surface area contributed by atoms with Gasteiger partial charge in [-0.05, 0) is 26.2 Å². The van der Waals surface area contributed by atoms with Crippen molar-refractivity contribution in [3.8, 4) is 0 Å². The van der Waals surface area contributed by atoms with E-state index in [0.717, 1.165) is 23.1 Å². The summed E-state index contributed by atoms with van der Waals surface area (Å²) in [5.74, 6) is 0.206. The van der Waals surface area contributed by atoms with Crippen LogP contribution < -0.4 is 0 Å². The Kier molecular flexibility index (Phi) is 4.93. The first kappa shape index (κ1) is 14.7. The molecule has 0 spiro atoms. The number of para-hydroxylation sites is 1. The van der Waals surface area contributed by atoms with E-state index in [9.17, 15) is 4.79 Å². The molecule has 1 heterocycles. The van der Waals surface area contributed by atoms with Gasteiger partial charge >= 0.3 is 0 Å². The van der Waals surface area contributed by atoms with E-state index in [4.69, 9.17) is 0 Å². The fraction of sp³-hybridized carbons (Fsp3) is 0.357. The van der Waals surface area contributed by atoms with Gasteiger partial charge in [-0.15, -0.1) is 12.4 Å². The van der Waals surface area contributed by atoms with Crippen LogP contribution in [0.5, 0.6) is 0 Å². The zero-order chi connectivity index (χ0) is 12.4. The van der Waals surface area contributed by atoms with Crippen molar-refractivity contribution in [3.63, 3.8) is 0 Å². The lowest BCUT2D eigenvalue weighted by molar-refractivity contribution is 0.0965. The normalized spacial score (nSPS) is 10.7. The van der Waals surface area contributed by atoms with E-state index in [0.29, 0.717) is 6.42 Å². The molecule has 2 rings (SSSR count). The number of Topliss-reactive ketones (excluding diaryl/α,β-unsaturated/α-hetero) is 1. The average Bonchev–Trinajstić information content (AvgIpc) is 2.64. The summed E-state index contributed by atoms with van der Waals surface area (Å²) in [7, 11) is 5.91. The molecule has 0 radical (unpaired) electrons. The summed E-state index contributed by atoms with van der Waals surface area (Å²) < 4.78 is 1.98. The average molecular weight is 267 g/mol. The first-order chi connectivity index (χ1) is 8.09. The summed E-state index contributed by atoms with van der Waals surface area (Å²) in [5.41, 5.74) is 1.91. The Labute approximate surface area is 114 Å². The molecular weight excluding hydrogens is 248 g/mol. The molecule has 1 aromatic heterocycles. The third-order valence-electron chi connectivity index (χ3n) is 3.02. The number of aryl methyl sites for hydroxylation is 1. The maximum Gasteiger partial charge on any atom is 0.180 e. The van der Waals surface area contributed by atoms with Gasteiger partial charge in [0.2, 0.25) is 0 Å². The Morgan fingerprint density at radius 1 is 1.28 bits per heavy atom. The fourth-order valence-corrected chi connectivity index (χ4v) is 2.01. The van der Waals surface area contributed by atoms with Gasteiger partial charge in [0.1, 0.15) is 0 Å². The van der Waals surface area contributed by atoms with Crippen LogP contribution in [-0.2, 0) is 7.05 Å². The van der Waals surface area contributed by atoms with Crippen LogP contribution in [0.4, 0.5) is 0 Å². The fourth-order valence-electron chi connectivity index (χ4n) is 2.01. The molecule has 2 aromatic rings. The quantitative estimate of drug-likeness (QED) is 0.795. The molecule has 0 fully saturated rings. The molecule has 0 saturated carbocycles. The number of benzene rings is 1. The summed E-state index contributed by atoms with van der Waals surface area (Å²) in [4.78, 5) is 14.1. The van der Waals surface area contributed by atoms with E-state index in [-0.39, 0.29) is 18.2 Å². The Morgan fingerprint density at radius 2 is 1.94 bits per heavy atom. The van der Waals surface area contributed by atoms with Crippen LogP contribution in [0.15, 0.2) is 30.3 Å². The number of carbonyl (C=O) groups is 1. The molecule has 0 unspecified atom stereocenters. The van der Waals surface area contributed by atoms with Crippen LogP contribution in [0, 0.1) is 0 Å². The minimum absolute atomic E-state index is 0. The number of ketones is 1. The van der Waals surface area contributed by atoms with E-state index >= 15 is 0 Å². The first-order valence-electron chi connectivity index (χ1n) is 5.82. The number of hydrogen-bond acceptors (Lipinski definition) is 2. The molecule has 0 aliphatic carbocycles. The molecular formula is C14H19ClN2O. The minimum atomic E-state index is 0. The van der Waals surface area contributed by atoms with E-state index in [1.165, 1.54) is 0 Å². The van der Waals surface area contributed by atoms with Crippen molar-refractivity contribution >= 4 is 29.1 Å². The number of hydrogen-bond donors (Lipinski definition) is 0. The topological polar surface area (TPSA) is 25.2 Å². The van der Waals surface area contributed by atoms with Crippen molar-refractivity contribution in [1.82, 2.24) is 9.47 Å². The summed E-state index contributed by atoms with van der Waals surface area (Å²) in [5, 5.41) is 1.13. The van der Waals surface area contributed by atoms with Crippen molar-refractivity contribution in [2.75, 3.05) is 20.6 Å². The van der Waals surface area contributed by atoms with Crippen molar-refractivity contribution in [3.05, 3.63) is 36.0 Å². The summed E-state index contributed by atoms with van der Waals surface area (Å²) in [6.45, 7) is 0.792. The van der Waals surface area contributed by atoms with Crippen LogP contribution in [0.3, 0.4) is 0 Å². The molecule has 0 saturated heterocycles.